The minimum Gasteiger partial charge on any atom is -0.314 e. The molecule has 0 aliphatic rings. The van der Waals surface area contributed by atoms with Crippen LogP contribution in [-0.2, 0) is 19.9 Å². The van der Waals surface area contributed by atoms with E-state index in [1.165, 1.54) is 22.4 Å². The first-order valence-corrected chi connectivity index (χ1v) is 7.86. The molecule has 0 aliphatic heterocycles. The molecule has 2 rings (SSSR count). The molecular formula is C18H27N3. The summed E-state index contributed by atoms with van der Waals surface area (Å²) in [6.45, 7) is 7.54. The van der Waals surface area contributed by atoms with Crippen LogP contribution in [-0.4, -0.2) is 22.4 Å². The Morgan fingerprint density at radius 3 is 2.48 bits per heavy atom. The molecule has 114 valence electrons. The normalized spacial score (nSPS) is 12.6. The molecule has 0 spiro atoms. The fourth-order valence-corrected chi connectivity index (χ4v) is 3.00. The molecule has 0 saturated heterocycles. The third-order valence-corrected chi connectivity index (χ3v) is 3.93. The van der Waals surface area contributed by atoms with Crippen LogP contribution in [0.25, 0.3) is 0 Å². The van der Waals surface area contributed by atoms with Gasteiger partial charge in [0.25, 0.3) is 0 Å². The van der Waals surface area contributed by atoms with Crippen molar-refractivity contribution in [1.82, 2.24) is 15.1 Å². The topological polar surface area (TPSA) is 29.9 Å². The molecule has 1 aromatic carbocycles. The maximum atomic E-state index is 4.24. The molecule has 2 aromatic rings. The third kappa shape index (κ3) is 4.71. The summed E-state index contributed by atoms with van der Waals surface area (Å²) < 4.78 is 1.97. The predicted molar refractivity (Wildman–Crippen MR) is 88.6 cm³/mol. The number of hydrogen-bond donors (Lipinski definition) is 1. The summed E-state index contributed by atoms with van der Waals surface area (Å²) in [4.78, 5) is 0. The zero-order valence-corrected chi connectivity index (χ0v) is 13.7. The van der Waals surface area contributed by atoms with Gasteiger partial charge in [0.1, 0.15) is 0 Å². The number of hydrogen-bond acceptors (Lipinski definition) is 2. The lowest BCUT2D eigenvalue weighted by molar-refractivity contribution is 0.483. The SMILES string of the molecule is CCNC(CCc1ccnn1C)Cc1cc(C)cc(C)c1. The lowest BCUT2D eigenvalue weighted by Crippen LogP contribution is -2.31. The van der Waals surface area contributed by atoms with Crippen LogP contribution in [0.5, 0.6) is 0 Å². The van der Waals surface area contributed by atoms with Crippen LogP contribution in [0.4, 0.5) is 0 Å². The molecule has 1 atom stereocenters. The van der Waals surface area contributed by atoms with Crippen LogP contribution in [0.15, 0.2) is 30.5 Å². The first-order valence-electron chi connectivity index (χ1n) is 7.86. The van der Waals surface area contributed by atoms with Crippen molar-refractivity contribution >= 4 is 0 Å². The molecule has 0 bridgehead atoms. The molecule has 1 N–H and O–H groups in total. The molecule has 3 nitrogen and oxygen atoms in total. The zero-order chi connectivity index (χ0) is 15.2. The smallest absolute Gasteiger partial charge is 0.0492 e. The first-order chi connectivity index (χ1) is 10.1. The summed E-state index contributed by atoms with van der Waals surface area (Å²) in [5.41, 5.74) is 5.44. The van der Waals surface area contributed by atoms with Gasteiger partial charge in [0, 0.05) is 25.0 Å². The monoisotopic (exact) mass is 285 g/mol. The summed E-state index contributed by atoms with van der Waals surface area (Å²) in [5.74, 6) is 0. The van der Waals surface area contributed by atoms with Crippen molar-refractivity contribution in [2.24, 2.45) is 7.05 Å². The second-order valence-corrected chi connectivity index (χ2v) is 5.94. The molecule has 0 aliphatic carbocycles. The van der Waals surface area contributed by atoms with Crippen molar-refractivity contribution in [2.75, 3.05) is 6.54 Å². The molecule has 0 saturated carbocycles. The quantitative estimate of drug-likeness (QED) is 0.846. The highest BCUT2D eigenvalue weighted by molar-refractivity contribution is 5.29. The number of rotatable bonds is 7. The number of benzene rings is 1. The first kappa shape index (κ1) is 15.8. The van der Waals surface area contributed by atoms with E-state index in [1.54, 1.807) is 0 Å². The summed E-state index contributed by atoms with van der Waals surface area (Å²) in [5, 5.41) is 7.87. The Balaban J connectivity index is 1.99. The van der Waals surface area contributed by atoms with Crippen molar-refractivity contribution < 1.29 is 0 Å². The van der Waals surface area contributed by atoms with Crippen molar-refractivity contribution in [2.45, 2.75) is 46.1 Å². The highest BCUT2D eigenvalue weighted by Gasteiger charge is 2.10. The highest BCUT2D eigenvalue weighted by atomic mass is 15.2. The number of aryl methyl sites for hydroxylation is 4. The van der Waals surface area contributed by atoms with Crippen molar-refractivity contribution in [1.29, 1.82) is 0 Å². The molecule has 1 unspecified atom stereocenters. The third-order valence-electron chi connectivity index (χ3n) is 3.93. The molecule has 1 heterocycles. The molecule has 21 heavy (non-hydrogen) atoms. The minimum absolute atomic E-state index is 0.520. The molecule has 0 amide bonds. The number of nitrogens with zero attached hydrogens (tertiary/aromatic N) is 2. The van der Waals surface area contributed by atoms with Gasteiger partial charge in [-0.15, -0.1) is 0 Å². The van der Waals surface area contributed by atoms with Gasteiger partial charge >= 0.3 is 0 Å². The Labute approximate surface area is 128 Å². The van der Waals surface area contributed by atoms with E-state index in [2.05, 4.69) is 55.5 Å². The zero-order valence-electron chi connectivity index (χ0n) is 13.7. The van der Waals surface area contributed by atoms with Gasteiger partial charge in [-0.1, -0.05) is 36.2 Å². The van der Waals surface area contributed by atoms with Gasteiger partial charge in [0.05, 0.1) is 0 Å². The second-order valence-electron chi connectivity index (χ2n) is 5.94. The second kappa shape index (κ2) is 7.41. The van der Waals surface area contributed by atoms with Crippen molar-refractivity contribution in [3.05, 3.63) is 52.8 Å². The summed E-state index contributed by atoms with van der Waals surface area (Å²) in [6.07, 6.45) is 5.18. The largest absolute Gasteiger partial charge is 0.314 e. The van der Waals surface area contributed by atoms with Gasteiger partial charge in [0.2, 0.25) is 0 Å². The van der Waals surface area contributed by atoms with Crippen LogP contribution in [0.1, 0.15) is 35.7 Å². The minimum atomic E-state index is 0.520. The van der Waals surface area contributed by atoms with Gasteiger partial charge in [-0.2, -0.15) is 5.10 Å². The Bertz CT molecular complexity index is 551. The number of likely N-dealkylation sites (N-methyl/N-ethyl adjacent to an activating group) is 1. The van der Waals surface area contributed by atoms with E-state index >= 15 is 0 Å². The van der Waals surface area contributed by atoms with Crippen LogP contribution in [0.2, 0.25) is 0 Å². The lowest BCUT2D eigenvalue weighted by atomic mass is 9.98. The molecule has 0 fully saturated rings. The summed E-state index contributed by atoms with van der Waals surface area (Å²) in [7, 11) is 2.02. The average Bonchev–Trinajstić information content (AvgIpc) is 2.80. The Kier molecular flexibility index (Phi) is 5.57. The van der Waals surface area contributed by atoms with Gasteiger partial charge in [-0.25, -0.2) is 0 Å². The van der Waals surface area contributed by atoms with Crippen LogP contribution in [0, 0.1) is 13.8 Å². The van der Waals surface area contributed by atoms with E-state index in [4.69, 9.17) is 0 Å². The summed E-state index contributed by atoms with van der Waals surface area (Å²) >= 11 is 0. The standard InChI is InChI=1S/C18H27N3/c1-5-19-17(6-7-18-8-9-20-21(18)4)13-16-11-14(2)10-15(3)12-16/h8-12,17,19H,5-7,13H2,1-4H3. The number of aromatic nitrogens is 2. The van der Waals surface area contributed by atoms with E-state index < -0.39 is 0 Å². The molecule has 1 aromatic heterocycles. The highest BCUT2D eigenvalue weighted by Crippen LogP contribution is 2.13. The Morgan fingerprint density at radius 1 is 1.19 bits per heavy atom. The Morgan fingerprint density at radius 2 is 1.90 bits per heavy atom. The Hall–Kier alpha value is -1.61. The molecule has 3 heteroatoms. The van der Waals surface area contributed by atoms with Gasteiger partial charge in [-0.05, 0) is 51.3 Å². The van der Waals surface area contributed by atoms with Crippen LogP contribution < -0.4 is 5.32 Å². The van der Waals surface area contributed by atoms with E-state index in [-0.39, 0.29) is 0 Å². The molecular weight excluding hydrogens is 258 g/mol. The molecule has 0 radical (unpaired) electrons. The predicted octanol–water partition coefficient (Wildman–Crippen LogP) is 3.19. The van der Waals surface area contributed by atoms with Crippen molar-refractivity contribution in [3.8, 4) is 0 Å². The maximum Gasteiger partial charge on any atom is 0.0492 e. The fraction of sp³-hybridized carbons (Fsp3) is 0.500. The van der Waals surface area contributed by atoms with E-state index in [0.717, 1.165) is 25.8 Å². The summed E-state index contributed by atoms with van der Waals surface area (Å²) in [6, 6.07) is 9.48. The van der Waals surface area contributed by atoms with Crippen molar-refractivity contribution in [3.63, 3.8) is 0 Å². The van der Waals surface area contributed by atoms with Crippen LogP contribution in [0.3, 0.4) is 0 Å². The average molecular weight is 285 g/mol. The van der Waals surface area contributed by atoms with Gasteiger partial charge in [0.15, 0.2) is 0 Å². The van der Waals surface area contributed by atoms with Gasteiger partial charge in [-0.3, -0.25) is 4.68 Å². The van der Waals surface area contributed by atoms with Crippen LogP contribution >= 0.6 is 0 Å². The maximum absolute atomic E-state index is 4.24. The van der Waals surface area contributed by atoms with E-state index in [9.17, 15) is 0 Å². The fourth-order valence-electron chi connectivity index (χ4n) is 3.00. The van der Waals surface area contributed by atoms with E-state index in [0.29, 0.717) is 6.04 Å². The van der Waals surface area contributed by atoms with E-state index in [1.807, 2.05) is 17.9 Å². The number of nitrogens with one attached hydrogen (secondary N) is 1. The van der Waals surface area contributed by atoms with Gasteiger partial charge < -0.3 is 5.32 Å². The lowest BCUT2D eigenvalue weighted by Gasteiger charge is -2.18.